The van der Waals surface area contributed by atoms with Crippen molar-refractivity contribution in [3.05, 3.63) is 224 Å². The number of anilines is 6. The van der Waals surface area contributed by atoms with Gasteiger partial charge in [-0.05, 0) is 166 Å². The third-order valence-corrected chi connectivity index (χ3v) is 15.5. The second kappa shape index (κ2) is 28.4. The van der Waals surface area contributed by atoms with Gasteiger partial charge in [-0.2, -0.15) is 5.26 Å². The summed E-state index contributed by atoms with van der Waals surface area (Å²) < 4.78 is 6.95. The van der Waals surface area contributed by atoms with Gasteiger partial charge in [0, 0.05) is 55.0 Å². The van der Waals surface area contributed by atoms with Crippen LogP contribution in [0, 0.1) is 39.0 Å². The van der Waals surface area contributed by atoms with Gasteiger partial charge in [-0.25, -0.2) is 4.79 Å². The van der Waals surface area contributed by atoms with Gasteiger partial charge in [0.25, 0.3) is 0 Å². The molecule has 0 aliphatic heterocycles. The number of carbonyl (C=O) groups is 1. The summed E-state index contributed by atoms with van der Waals surface area (Å²) in [7, 11) is 0. The monoisotopic (exact) mass is 1060 g/mol. The lowest BCUT2D eigenvalue weighted by atomic mass is 9.99. The van der Waals surface area contributed by atoms with Gasteiger partial charge in [-0.15, -0.1) is 11.3 Å². The quantitative estimate of drug-likeness (QED) is 0.0252. The summed E-state index contributed by atoms with van der Waals surface area (Å²) >= 11 is 1.54. The minimum atomic E-state index is -1.22. The molecule has 1 aromatic heterocycles. The van der Waals surface area contributed by atoms with E-state index in [0.717, 1.165) is 128 Å². The molecule has 0 radical (unpaired) electrons. The number of aliphatic carboxylic acids is 1. The fourth-order valence-electron chi connectivity index (χ4n) is 9.72. The van der Waals surface area contributed by atoms with Crippen LogP contribution in [-0.4, -0.2) is 17.7 Å². The van der Waals surface area contributed by atoms with Gasteiger partial charge in [0.2, 0.25) is 0 Å². The molecule has 0 saturated carbocycles. The van der Waals surface area contributed by atoms with Crippen molar-refractivity contribution in [2.24, 2.45) is 0 Å². The Labute approximate surface area is 474 Å². The zero-order valence-electron chi connectivity index (χ0n) is 47.0. The highest BCUT2D eigenvalue weighted by Gasteiger charge is 2.18. The molecule has 402 valence electrons. The van der Waals surface area contributed by atoms with Gasteiger partial charge in [0.15, 0.2) is 0 Å². The number of unbranched alkanes of at least 4 members (excludes halogenated alkanes) is 8. The standard InChI is InChI=1S/C72H75N3O3S/c1-7-9-11-13-14-16-46-78-71-59(32-26-56-28-42-67(43-29-56)74(63-34-18-52(3)19-35-63)64-36-20-53(4)21-37-64)47-61(70-49-58(17-15-12-10-8-2)69(79-70)50-62(51-73)72(76)77)48-60(71)33-27-57-30-44-68(45-31-57)75(65-38-22-54(5)23-39-65)66-40-24-55(6)25-41-66/h18-45,47-50H,7-17,46H2,1-6H3,(H,76,77)/b32-26+,33-27+,62-50+. The minimum absolute atomic E-state index is 0.271. The average molecular weight is 1060 g/mol. The third kappa shape index (κ3) is 15.7. The van der Waals surface area contributed by atoms with Crippen molar-refractivity contribution in [3.63, 3.8) is 0 Å². The van der Waals surface area contributed by atoms with Gasteiger partial charge >= 0.3 is 5.97 Å². The highest BCUT2D eigenvalue weighted by atomic mass is 32.1. The zero-order chi connectivity index (χ0) is 55.5. The summed E-state index contributed by atoms with van der Waals surface area (Å²) in [5, 5.41) is 19.8. The molecule has 8 rings (SSSR count). The van der Waals surface area contributed by atoms with Crippen molar-refractivity contribution >= 4 is 81.8 Å². The smallest absolute Gasteiger partial charge is 0.346 e. The van der Waals surface area contributed by atoms with E-state index < -0.39 is 5.97 Å². The van der Waals surface area contributed by atoms with E-state index in [1.165, 1.54) is 59.3 Å². The first-order valence-electron chi connectivity index (χ1n) is 28.2. The summed E-state index contributed by atoms with van der Waals surface area (Å²) in [4.78, 5) is 18.6. The summed E-state index contributed by atoms with van der Waals surface area (Å²) in [5.41, 5.74) is 17.1. The zero-order valence-corrected chi connectivity index (χ0v) is 47.8. The minimum Gasteiger partial charge on any atom is -0.492 e. The number of rotatable bonds is 26. The Kier molecular flexibility index (Phi) is 20.5. The Morgan fingerprint density at radius 3 is 1.29 bits per heavy atom. The molecule has 1 heterocycles. The number of aryl methyl sites for hydroxylation is 5. The van der Waals surface area contributed by atoms with Gasteiger partial charge in [-0.1, -0.05) is 185 Å². The molecule has 0 fully saturated rings. The number of nitrogens with zero attached hydrogens (tertiary/aromatic N) is 3. The highest BCUT2D eigenvalue weighted by molar-refractivity contribution is 7.16. The largest absolute Gasteiger partial charge is 0.492 e. The van der Waals surface area contributed by atoms with Crippen molar-refractivity contribution in [3.8, 4) is 22.3 Å². The van der Waals surface area contributed by atoms with Crippen LogP contribution in [0.5, 0.6) is 5.75 Å². The second-order valence-electron chi connectivity index (χ2n) is 20.7. The van der Waals surface area contributed by atoms with Crippen LogP contribution in [0.3, 0.4) is 0 Å². The summed E-state index contributed by atoms with van der Waals surface area (Å²) in [6.45, 7) is 13.5. The molecule has 1 N–H and O–H groups in total. The van der Waals surface area contributed by atoms with Gasteiger partial charge < -0.3 is 19.6 Å². The van der Waals surface area contributed by atoms with Crippen LogP contribution >= 0.6 is 11.3 Å². The maximum absolute atomic E-state index is 12.2. The topological polar surface area (TPSA) is 76.8 Å². The molecular formula is C72H75N3O3S. The summed E-state index contributed by atoms with van der Waals surface area (Å²) in [5.74, 6) is -0.417. The molecule has 0 unspecified atom stereocenters. The van der Waals surface area contributed by atoms with Crippen LogP contribution in [-0.2, 0) is 11.2 Å². The van der Waals surface area contributed by atoms with E-state index in [0.29, 0.717) is 6.61 Å². The van der Waals surface area contributed by atoms with E-state index in [1.54, 1.807) is 6.08 Å². The number of hydrogen-bond donors (Lipinski definition) is 1. The molecule has 8 aromatic rings. The van der Waals surface area contributed by atoms with E-state index in [-0.39, 0.29) is 5.57 Å². The third-order valence-electron chi connectivity index (χ3n) is 14.3. The molecule has 0 amide bonds. The Balaban J connectivity index is 1.22. The average Bonchev–Trinajstić information content (AvgIpc) is 3.88. The second-order valence-corrected chi connectivity index (χ2v) is 21.8. The predicted octanol–water partition coefficient (Wildman–Crippen LogP) is 20.8. The molecule has 0 atom stereocenters. The number of nitriles is 1. The van der Waals surface area contributed by atoms with Crippen LogP contribution in [0.1, 0.15) is 133 Å². The fraction of sp³-hybridized carbons (Fsp3) is 0.250. The van der Waals surface area contributed by atoms with Crippen LogP contribution in [0.2, 0.25) is 0 Å². The summed E-state index contributed by atoms with van der Waals surface area (Å²) in [6.07, 6.45) is 22.2. The van der Waals surface area contributed by atoms with E-state index in [9.17, 15) is 15.2 Å². The van der Waals surface area contributed by atoms with Gasteiger partial charge in [0.1, 0.15) is 17.4 Å². The Bertz CT molecular complexity index is 3120. The van der Waals surface area contributed by atoms with E-state index >= 15 is 0 Å². The normalized spacial score (nSPS) is 11.6. The Hall–Kier alpha value is -8.18. The summed E-state index contributed by atoms with van der Waals surface area (Å²) in [6, 6.07) is 60.6. The van der Waals surface area contributed by atoms with Crippen LogP contribution in [0.25, 0.3) is 40.8 Å². The first-order valence-corrected chi connectivity index (χ1v) is 29.0. The molecule has 0 bridgehead atoms. The van der Waals surface area contributed by atoms with E-state index in [4.69, 9.17) is 4.74 Å². The number of benzene rings is 7. The number of ether oxygens (including phenoxy) is 1. The molecule has 0 saturated heterocycles. The molecule has 0 spiro atoms. The lowest BCUT2D eigenvalue weighted by molar-refractivity contribution is -0.132. The molecule has 7 heteroatoms. The highest BCUT2D eigenvalue weighted by Crippen LogP contribution is 2.41. The van der Waals surface area contributed by atoms with Crippen molar-refractivity contribution in [2.45, 2.75) is 112 Å². The fourth-order valence-corrected chi connectivity index (χ4v) is 10.9. The molecule has 79 heavy (non-hydrogen) atoms. The van der Waals surface area contributed by atoms with Crippen LogP contribution in [0.4, 0.5) is 34.1 Å². The maximum Gasteiger partial charge on any atom is 0.346 e. The molecular weight excluding hydrogens is 987 g/mol. The lowest BCUT2D eigenvalue weighted by Crippen LogP contribution is -2.09. The van der Waals surface area contributed by atoms with Crippen molar-refractivity contribution in [1.82, 2.24) is 0 Å². The number of carboxylic acids is 1. The van der Waals surface area contributed by atoms with E-state index in [2.05, 4.69) is 239 Å². The molecule has 0 aliphatic rings. The Morgan fingerprint density at radius 1 is 0.519 bits per heavy atom. The number of thiophene rings is 1. The van der Waals surface area contributed by atoms with Crippen molar-refractivity contribution in [1.29, 1.82) is 5.26 Å². The number of hydrogen-bond acceptors (Lipinski definition) is 6. The first kappa shape index (κ1) is 57.0. The molecule has 7 aromatic carbocycles. The maximum atomic E-state index is 12.2. The van der Waals surface area contributed by atoms with Crippen molar-refractivity contribution < 1.29 is 14.6 Å². The van der Waals surface area contributed by atoms with Gasteiger partial charge in [-0.3, -0.25) is 0 Å². The SMILES string of the molecule is CCCCCCCCOc1c(/C=C/c2ccc(N(c3ccc(C)cc3)c3ccc(C)cc3)cc2)cc(-c2cc(CCCCCC)c(/C=C(\C#N)C(=O)O)s2)cc1/C=C/c1ccc(N(c2ccc(C)cc2)c2ccc(C)cc2)cc1. The molecule has 6 nitrogen and oxygen atoms in total. The first-order chi connectivity index (χ1) is 38.5. The van der Waals surface area contributed by atoms with Crippen LogP contribution in [0.15, 0.2) is 169 Å². The van der Waals surface area contributed by atoms with Crippen molar-refractivity contribution in [2.75, 3.05) is 16.4 Å². The lowest BCUT2D eigenvalue weighted by Gasteiger charge is -2.26. The molecule has 0 aliphatic carbocycles. The van der Waals surface area contributed by atoms with Gasteiger partial charge in [0.05, 0.1) is 6.61 Å². The predicted molar refractivity (Wildman–Crippen MR) is 337 cm³/mol. The van der Waals surface area contributed by atoms with E-state index in [1.807, 2.05) is 6.07 Å². The Morgan fingerprint density at radius 2 is 0.899 bits per heavy atom. The number of carboxylic acid groups (broad SMARTS) is 1. The van der Waals surface area contributed by atoms with Crippen LogP contribution < -0.4 is 14.5 Å².